The highest BCUT2D eigenvalue weighted by atomic mass is 15.0. The summed E-state index contributed by atoms with van der Waals surface area (Å²) in [6, 6.07) is 6.53. The zero-order valence-electron chi connectivity index (χ0n) is 11.6. The summed E-state index contributed by atoms with van der Waals surface area (Å²) in [6.45, 7) is 6.84. The molecule has 1 spiro atoms. The Hall–Kier alpha value is -1.18. The Labute approximate surface area is 110 Å². The highest BCUT2D eigenvalue weighted by molar-refractivity contribution is 5.73. The molecular formula is C16H24N2. The Kier molecular flexibility index (Phi) is 2.96. The Morgan fingerprint density at radius 1 is 1.11 bits per heavy atom. The van der Waals surface area contributed by atoms with Gasteiger partial charge in [-0.15, -0.1) is 0 Å². The third-order valence-corrected chi connectivity index (χ3v) is 4.90. The van der Waals surface area contributed by atoms with Crippen molar-refractivity contribution in [1.82, 2.24) is 0 Å². The van der Waals surface area contributed by atoms with Crippen LogP contribution >= 0.6 is 0 Å². The van der Waals surface area contributed by atoms with Crippen molar-refractivity contribution in [2.45, 2.75) is 39.5 Å². The van der Waals surface area contributed by atoms with E-state index in [1.54, 1.807) is 0 Å². The number of anilines is 2. The van der Waals surface area contributed by atoms with E-state index in [4.69, 9.17) is 0 Å². The highest BCUT2D eigenvalue weighted by Crippen LogP contribution is 2.42. The summed E-state index contributed by atoms with van der Waals surface area (Å²) in [5, 5.41) is 7.39. The second kappa shape index (κ2) is 4.49. The summed E-state index contributed by atoms with van der Waals surface area (Å²) >= 11 is 0. The maximum absolute atomic E-state index is 3.71. The molecule has 0 bridgehead atoms. The van der Waals surface area contributed by atoms with Crippen molar-refractivity contribution in [3.05, 3.63) is 23.8 Å². The number of para-hydroxylation sites is 1. The van der Waals surface area contributed by atoms with Crippen LogP contribution in [0.5, 0.6) is 0 Å². The van der Waals surface area contributed by atoms with Gasteiger partial charge in [0, 0.05) is 18.5 Å². The molecule has 0 amide bonds. The van der Waals surface area contributed by atoms with E-state index in [0.29, 0.717) is 5.41 Å². The van der Waals surface area contributed by atoms with Crippen molar-refractivity contribution in [3.8, 4) is 0 Å². The molecule has 2 aliphatic rings. The van der Waals surface area contributed by atoms with Crippen LogP contribution in [0.2, 0.25) is 0 Å². The second-order valence-electron chi connectivity index (χ2n) is 6.39. The Balaban J connectivity index is 1.80. The first-order valence-corrected chi connectivity index (χ1v) is 7.26. The van der Waals surface area contributed by atoms with E-state index in [-0.39, 0.29) is 0 Å². The van der Waals surface area contributed by atoms with Gasteiger partial charge in [-0.1, -0.05) is 31.9 Å². The molecule has 1 aromatic carbocycles. The van der Waals surface area contributed by atoms with E-state index in [1.807, 2.05) is 0 Å². The smallest absolute Gasteiger partial charge is 0.0605 e. The van der Waals surface area contributed by atoms with E-state index in [1.165, 1.54) is 42.6 Å². The van der Waals surface area contributed by atoms with Gasteiger partial charge in [0.1, 0.15) is 0 Å². The van der Waals surface area contributed by atoms with Crippen molar-refractivity contribution in [2.75, 3.05) is 23.7 Å². The number of benzene rings is 1. The van der Waals surface area contributed by atoms with Crippen LogP contribution in [0.15, 0.2) is 18.2 Å². The molecule has 1 saturated carbocycles. The number of rotatable bonds is 0. The van der Waals surface area contributed by atoms with Gasteiger partial charge in [0.15, 0.2) is 0 Å². The minimum absolute atomic E-state index is 0.470. The predicted octanol–water partition coefficient (Wildman–Crippen LogP) is 4.03. The van der Waals surface area contributed by atoms with Crippen LogP contribution in [-0.4, -0.2) is 13.1 Å². The molecule has 0 aromatic heterocycles. The summed E-state index contributed by atoms with van der Waals surface area (Å²) in [5.41, 5.74) is 4.41. The number of hydrogen-bond acceptors (Lipinski definition) is 2. The van der Waals surface area contributed by atoms with Crippen LogP contribution in [0.4, 0.5) is 11.4 Å². The standard InChI is InChI=1S/C16H24N2/c1-12-6-8-16(9-7-12)10-17-14-5-3-4-13(2)15(14)18-11-16/h3-5,12,17-18H,6-11H2,1-2H3. The average Bonchev–Trinajstić information content (AvgIpc) is 2.56. The quantitative estimate of drug-likeness (QED) is 0.720. The topological polar surface area (TPSA) is 24.1 Å². The fourth-order valence-electron chi connectivity index (χ4n) is 3.40. The molecule has 0 saturated heterocycles. The third-order valence-electron chi connectivity index (χ3n) is 4.90. The summed E-state index contributed by atoms with van der Waals surface area (Å²) in [5.74, 6) is 0.919. The predicted molar refractivity (Wildman–Crippen MR) is 78.2 cm³/mol. The van der Waals surface area contributed by atoms with Crippen LogP contribution in [0, 0.1) is 18.3 Å². The number of fused-ring (bicyclic) bond motifs is 1. The molecule has 18 heavy (non-hydrogen) atoms. The normalized spacial score (nSPS) is 31.1. The largest absolute Gasteiger partial charge is 0.383 e. The van der Waals surface area contributed by atoms with Crippen molar-refractivity contribution < 1.29 is 0 Å². The minimum Gasteiger partial charge on any atom is -0.383 e. The minimum atomic E-state index is 0.470. The second-order valence-corrected chi connectivity index (χ2v) is 6.39. The van der Waals surface area contributed by atoms with Gasteiger partial charge in [-0.2, -0.15) is 0 Å². The van der Waals surface area contributed by atoms with E-state index >= 15 is 0 Å². The van der Waals surface area contributed by atoms with Crippen molar-refractivity contribution >= 4 is 11.4 Å². The summed E-state index contributed by atoms with van der Waals surface area (Å²) < 4.78 is 0. The molecule has 1 heterocycles. The summed E-state index contributed by atoms with van der Waals surface area (Å²) in [4.78, 5) is 0. The SMILES string of the molecule is Cc1cccc2c1NCC1(CCC(C)CC1)CN2. The molecular weight excluding hydrogens is 220 g/mol. The van der Waals surface area contributed by atoms with E-state index in [0.717, 1.165) is 19.0 Å². The van der Waals surface area contributed by atoms with Gasteiger partial charge in [0.05, 0.1) is 11.4 Å². The van der Waals surface area contributed by atoms with Crippen LogP contribution in [0.1, 0.15) is 38.2 Å². The van der Waals surface area contributed by atoms with Gasteiger partial charge in [-0.3, -0.25) is 0 Å². The van der Waals surface area contributed by atoms with E-state index < -0.39 is 0 Å². The number of hydrogen-bond donors (Lipinski definition) is 2. The molecule has 1 fully saturated rings. The molecule has 2 N–H and O–H groups in total. The molecule has 0 atom stereocenters. The van der Waals surface area contributed by atoms with Crippen LogP contribution in [0.25, 0.3) is 0 Å². The van der Waals surface area contributed by atoms with Crippen LogP contribution in [-0.2, 0) is 0 Å². The van der Waals surface area contributed by atoms with Gasteiger partial charge in [-0.05, 0) is 37.3 Å². The lowest BCUT2D eigenvalue weighted by molar-refractivity contribution is 0.185. The van der Waals surface area contributed by atoms with E-state index in [2.05, 4.69) is 42.7 Å². The summed E-state index contributed by atoms with van der Waals surface area (Å²) in [6.07, 6.45) is 5.50. The molecule has 3 rings (SSSR count). The average molecular weight is 244 g/mol. The Morgan fingerprint density at radius 2 is 1.83 bits per heavy atom. The lowest BCUT2D eigenvalue weighted by atomic mass is 9.71. The van der Waals surface area contributed by atoms with Gasteiger partial charge < -0.3 is 10.6 Å². The third kappa shape index (κ3) is 2.09. The molecule has 1 aliphatic carbocycles. The lowest BCUT2D eigenvalue weighted by Crippen LogP contribution is -2.38. The van der Waals surface area contributed by atoms with Crippen LogP contribution < -0.4 is 10.6 Å². The van der Waals surface area contributed by atoms with Gasteiger partial charge >= 0.3 is 0 Å². The van der Waals surface area contributed by atoms with Gasteiger partial charge in [-0.25, -0.2) is 0 Å². The Bertz CT molecular complexity index is 431. The first-order valence-electron chi connectivity index (χ1n) is 7.26. The molecule has 0 unspecified atom stereocenters. The van der Waals surface area contributed by atoms with Crippen molar-refractivity contribution in [2.24, 2.45) is 11.3 Å². The lowest BCUT2D eigenvalue weighted by Gasteiger charge is -2.38. The molecule has 2 heteroatoms. The van der Waals surface area contributed by atoms with Crippen molar-refractivity contribution in [1.29, 1.82) is 0 Å². The molecule has 0 radical (unpaired) electrons. The first kappa shape index (κ1) is 11.9. The fourth-order valence-corrected chi connectivity index (χ4v) is 3.40. The van der Waals surface area contributed by atoms with Crippen molar-refractivity contribution in [3.63, 3.8) is 0 Å². The monoisotopic (exact) mass is 244 g/mol. The van der Waals surface area contributed by atoms with E-state index in [9.17, 15) is 0 Å². The molecule has 98 valence electrons. The van der Waals surface area contributed by atoms with Crippen LogP contribution in [0.3, 0.4) is 0 Å². The first-order chi connectivity index (χ1) is 8.69. The fraction of sp³-hybridized carbons (Fsp3) is 0.625. The maximum Gasteiger partial charge on any atom is 0.0605 e. The highest BCUT2D eigenvalue weighted by Gasteiger charge is 2.35. The van der Waals surface area contributed by atoms with Gasteiger partial charge in [0.2, 0.25) is 0 Å². The maximum atomic E-state index is 3.71. The van der Waals surface area contributed by atoms with Gasteiger partial charge in [0.25, 0.3) is 0 Å². The number of nitrogens with one attached hydrogen (secondary N) is 2. The zero-order chi connectivity index (χ0) is 12.6. The summed E-state index contributed by atoms with van der Waals surface area (Å²) in [7, 11) is 0. The molecule has 2 nitrogen and oxygen atoms in total. The zero-order valence-corrected chi connectivity index (χ0v) is 11.6. The number of aryl methyl sites for hydroxylation is 1. The Morgan fingerprint density at radius 3 is 2.61 bits per heavy atom. The molecule has 1 aromatic rings. The molecule has 1 aliphatic heterocycles.